The van der Waals surface area contributed by atoms with E-state index in [2.05, 4.69) is 5.32 Å². The highest BCUT2D eigenvalue weighted by atomic mass is 35.5. The molecule has 1 N–H and O–H groups in total. The minimum atomic E-state index is -0.459. The van der Waals surface area contributed by atoms with Crippen LogP contribution in [0.1, 0.15) is 31.0 Å². The van der Waals surface area contributed by atoms with Crippen LogP contribution in [0.15, 0.2) is 48.0 Å². The molecule has 1 amide bonds. The second kappa shape index (κ2) is 9.65. The summed E-state index contributed by atoms with van der Waals surface area (Å²) in [6, 6.07) is 14.5. The van der Waals surface area contributed by atoms with Crippen LogP contribution in [0.5, 0.6) is 11.5 Å². The molecule has 0 aliphatic rings. The summed E-state index contributed by atoms with van der Waals surface area (Å²) < 4.78 is 10.8. The van der Waals surface area contributed by atoms with Gasteiger partial charge in [-0.3, -0.25) is 4.79 Å². The van der Waals surface area contributed by atoms with Gasteiger partial charge < -0.3 is 14.8 Å². The van der Waals surface area contributed by atoms with E-state index in [1.807, 2.05) is 50.2 Å². The Morgan fingerprint density at radius 3 is 2.63 bits per heavy atom. The summed E-state index contributed by atoms with van der Waals surface area (Å²) in [6.07, 6.45) is 1.47. The summed E-state index contributed by atoms with van der Waals surface area (Å²) in [5, 5.41) is 12.6. The van der Waals surface area contributed by atoms with Gasteiger partial charge in [0.05, 0.1) is 24.8 Å². The Morgan fingerprint density at radius 1 is 1.33 bits per heavy atom. The van der Waals surface area contributed by atoms with Crippen molar-refractivity contribution in [3.63, 3.8) is 0 Å². The van der Waals surface area contributed by atoms with Gasteiger partial charge in [-0.15, -0.1) is 0 Å². The van der Waals surface area contributed by atoms with Gasteiger partial charge in [0.25, 0.3) is 5.91 Å². The van der Waals surface area contributed by atoms with E-state index in [1.54, 1.807) is 12.1 Å². The van der Waals surface area contributed by atoms with Gasteiger partial charge in [-0.25, -0.2) is 0 Å². The van der Waals surface area contributed by atoms with Gasteiger partial charge in [-0.05, 0) is 43.2 Å². The number of hydrogen-bond donors (Lipinski definition) is 1. The molecule has 0 radical (unpaired) electrons. The summed E-state index contributed by atoms with van der Waals surface area (Å²) >= 11 is 6.22. The Bertz CT molecular complexity index is 873. The largest absolute Gasteiger partial charge is 0.491 e. The molecule has 1 atom stereocenters. The SMILES string of the molecule is CCOc1cc(/C=C(\C#N)C(=O)N[C@@H](C)c2ccccc2)cc(Cl)c1OC. The van der Waals surface area contributed by atoms with E-state index < -0.39 is 5.91 Å². The Hall–Kier alpha value is -2.97. The number of carbonyl (C=O) groups excluding carboxylic acids is 1. The smallest absolute Gasteiger partial charge is 0.262 e. The number of carbonyl (C=O) groups is 1. The standard InChI is InChI=1S/C21H21ClN2O3/c1-4-27-19-12-15(11-18(22)20(19)26-3)10-17(13-23)21(25)24-14(2)16-8-6-5-7-9-16/h5-12,14H,4H2,1-3H3,(H,24,25)/b17-10+/t14-/m0/s1. The van der Waals surface area contributed by atoms with Gasteiger partial charge in [0.15, 0.2) is 11.5 Å². The number of nitrogens with zero attached hydrogens (tertiary/aromatic N) is 1. The van der Waals surface area contributed by atoms with E-state index in [4.69, 9.17) is 21.1 Å². The molecule has 0 aromatic heterocycles. The normalized spacial score (nSPS) is 12.0. The van der Waals surface area contributed by atoms with Crippen molar-refractivity contribution in [1.82, 2.24) is 5.32 Å². The number of ether oxygens (including phenoxy) is 2. The minimum absolute atomic E-state index is 0.0264. The molecule has 0 saturated carbocycles. The first kappa shape index (κ1) is 20.3. The fourth-order valence-electron chi connectivity index (χ4n) is 2.55. The molecule has 0 aliphatic carbocycles. The summed E-state index contributed by atoms with van der Waals surface area (Å²) in [5.41, 5.74) is 1.50. The van der Waals surface area contributed by atoms with E-state index in [0.29, 0.717) is 28.7 Å². The predicted octanol–water partition coefficient (Wildman–Crippen LogP) is 4.53. The van der Waals surface area contributed by atoms with Gasteiger partial charge in [-0.1, -0.05) is 41.9 Å². The zero-order valence-electron chi connectivity index (χ0n) is 15.5. The van der Waals surface area contributed by atoms with Crippen molar-refractivity contribution in [3.8, 4) is 17.6 Å². The summed E-state index contributed by atoms with van der Waals surface area (Å²) in [5.74, 6) is 0.407. The van der Waals surface area contributed by atoms with Crippen molar-refractivity contribution in [1.29, 1.82) is 5.26 Å². The van der Waals surface area contributed by atoms with Crippen LogP contribution in [0.3, 0.4) is 0 Å². The molecule has 0 unspecified atom stereocenters. The third-order valence-electron chi connectivity index (χ3n) is 3.86. The summed E-state index contributed by atoms with van der Waals surface area (Å²) in [6.45, 7) is 4.13. The molecule has 6 heteroatoms. The van der Waals surface area contributed by atoms with Crippen molar-refractivity contribution < 1.29 is 14.3 Å². The second-order valence-electron chi connectivity index (χ2n) is 5.74. The highest BCUT2D eigenvalue weighted by molar-refractivity contribution is 6.32. The third kappa shape index (κ3) is 5.25. The first-order valence-corrected chi connectivity index (χ1v) is 8.85. The lowest BCUT2D eigenvalue weighted by molar-refractivity contribution is -0.117. The monoisotopic (exact) mass is 384 g/mol. The Labute approximate surface area is 164 Å². The first-order chi connectivity index (χ1) is 13.0. The van der Waals surface area contributed by atoms with Gasteiger partial charge >= 0.3 is 0 Å². The molecule has 140 valence electrons. The molecule has 2 rings (SSSR count). The lowest BCUT2D eigenvalue weighted by Crippen LogP contribution is -2.27. The molecule has 2 aromatic carbocycles. The average molecular weight is 385 g/mol. The van der Waals surface area contributed by atoms with E-state index in [0.717, 1.165) is 5.56 Å². The van der Waals surface area contributed by atoms with Crippen molar-refractivity contribution >= 4 is 23.6 Å². The van der Waals surface area contributed by atoms with Gasteiger partial charge in [0.1, 0.15) is 11.6 Å². The third-order valence-corrected chi connectivity index (χ3v) is 4.14. The molecule has 2 aromatic rings. The number of benzene rings is 2. The van der Waals surface area contributed by atoms with Crippen LogP contribution in [0.25, 0.3) is 6.08 Å². The van der Waals surface area contributed by atoms with E-state index in [1.165, 1.54) is 13.2 Å². The molecule has 0 fully saturated rings. The lowest BCUT2D eigenvalue weighted by Gasteiger charge is -2.14. The van der Waals surface area contributed by atoms with Crippen LogP contribution in [-0.4, -0.2) is 19.6 Å². The average Bonchev–Trinajstić information content (AvgIpc) is 2.66. The number of rotatable bonds is 7. The van der Waals surface area contributed by atoms with Gasteiger partial charge in [-0.2, -0.15) is 5.26 Å². The maximum Gasteiger partial charge on any atom is 0.262 e. The van der Waals surface area contributed by atoms with Crippen LogP contribution < -0.4 is 14.8 Å². The molecule has 0 heterocycles. The molecule has 5 nitrogen and oxygen atoms in total. The molecule has 0 spiro atoms. The van der Waals surface area contributed by atoms with Crippen molar-refractivity contribution in [2.45, 2.75) is 19.9 Å². The van der Waals surface area contributed by atoms with Crippen LogP contribution in [0.2, 0.25) is 5.02 Å². The van der Waals surface area contributed by atoms with Crippen LogP contribution >= 0.6 is 11.6 Å². The number of halogens is 1. The van der Waals surface area contributed by atoms with E-state index in [-0.39, 0.29) is 11.6 Å². The Kier molecular flexibility index (Phi) is 7.27. The zero-order valence-corrected chi connectivity index (χ0v) is 16.2. The van der Waals surface area contributed by atoms with Crippen LogP contribution in [0, 0.1) is 11.3 Å². The zero-order chi connectivity index (χ0) is 19.8. The number of hydrogen-bond acceptors (Lipinski definition) is 4. The minimum Gasteiger partial charge on any atom is -0.491 e. The highest BCUT2D eigenvalue weighted by Crippen LogP contribution is 2.36. The van der Waals surface area contributed by atoms with Gasteiger partial charge in [0, 0.05) is 0 Å². The fraction of sp³-hybridized carbons (Fsp3) is 0.238. The van der Waals surface area contributed by atoms with Crippen LogP contribution in [0.4, 0.5) is 0 Å². The van der Waals surface area contributed by atoms with Crippen LogP contribution in [-0.2, 0) is 4.79 Å². The summed E-state index contributed by atoms with van der Waals surface area (Å²) in [4.78, 5) is 12.5. The molecule has 0 bridgehead atoms. The van der Waals surface area contributed by atoms with Crippen molar-refractivity contribution in [2.75, 3.05) is 13.7 Å². The van der Waals surface area contributed by atoms with Gasteiger partial charge in [0.2, 0.25) is 0 Å². The van der Waals surface area contributed by atoms with Crippen molar-refractivity contribution in [2.24, 2.45) is 0 Å². The maximum absolute atomic E-state index is 12.5. The quantitative estimate of drug-likeness (QED) is 0.562. The molecular weight excluding hydrogens is 364 g/mol. The van der Waals surface area contributed by atoms with Crippen molar-refractivity contribution in [3.05, 3.63) is 64.2 Å². The van der Waals surface area contributed by atoms with E-state index >= 15 is 0 Å². The second-order valence-corrected chi connectivity index (χ2v) is 6.15. The van der Waals surface area contributed by atoms with E-state index in [9.17, 15) is 10.1 Å². The Morgan fingerprint density at radius 2 is 2.04 bits per heavy atom. The number of nitriles is 1. The topological polar surface area (TPSA) is 71.3 Å². The molecule has 0 aliphatic heterocycles. The summed E-state index contributed by atoms with van der Waals surface area (Å²) in [7, 11) is 1.50. The lowest BCUT2D eigenvalue weighted by atomic mass is 10.1. The first-order valence-electron chi connectivity index (χ1n) is 8.48. The molecular formula is C21H21ClN2O3. The molecule has 0 saturated heterocycles. The fourth-order valence-corrected chi connectivity index (χ4v) is 2.84. The number of methoxy groups -OCH3 is 1. The predicted molar refractivity (Wildman–Crippen MR) is 106 cm³/mol. The number of amides is 1. The Balaban J connectivity index is 2.27. The number of nitrogens with one attached hydrogen (secondary N) is 1. The highest BCUT2D eigenvalue weighted by Gasteiger charge is 2.15. The molecule has 27 heavy (non-hydrogen) atoms. The maximum atomic E-state index is 12.5.